The van der Waals surface area contributed by atoms with E-state index in [0.717, 1.165) is 25.7 Å². The Morgan fingerprint density at radius 2 is 0.386 bits per heavy atom. The molecule has 0 amide bonds. The van der Waals surface area contributed by atoms with E-state index in [9.17, 15) is 0 Å². The summed E-state index contributed by atoms with van der Waals surface area (Å²) >= 11 is 0. The first-order valence-electron chi connectivity index (χ1n) is 45.3. The zero-order chi connectivity index (χ0) is 87.3. The van der Waals surface area contributed by atoms with Crippen molar-refractivity contribution in [3.8, 4) is 134 Å². The molecule has 0 aromatic heterocycles. The maximum Gasteiger partial charge on any atom is 2.00 e. The molecule has 0 heterocycles. The zero-order valence-corrected chi connectivity index (χ0v) is 83.3. The summed E-state index contributed by atoms with van der Waals surface area (Å²) in [5.74, 6) is 0. The van der Waals surface area contributed by atoms with Gasteiger partial charge in [0.25, 0.3) is 0 Å². The van der Waals surface area contributed by atoms with Crippen LogP contribution in [0.2, 0.25) is 0 Å². The van der Waals surface area contributed by atoms with Crippen LogP contribution in [0, 0.1) is 107 Å². The summed E-state index contributed by atoms with van der Waals surface area (Å²) in [7, 11) is 0. The molecule has 0 atom stereocenters. The van der Waals surface area contributed by atoms with Gasteiger partial charge in [-0.1, -0.05) is 413 Å². The van der Waals surface area contributed by atoms with Crippen molar-refractivity contribution >= 4 is 43.1 Å². The van der Waals surface area contributed by atoms with Crippen molar-refractivity contribution in [2.24, 2.45) is 0 Å². The van der Waals surface area contributed by atoms with Gasteiger partial charge in [-0.05, 0) is 230 Å². The predicted octanol–water partition coefficient (Wildman–Crippen LogP) is 27.9. The Bertz CT molecular complexity index is 6920. The summed E-state index contributed by atoms with van der Waals surface area (Å²) in [5, 5.41) is 10.3. The van der Waals surface area contributed by atoms with Crippen LogP contribution in [0.1, 0.15) is 111 Å². The van der Waals surface area contributed by atoms with Crippen molar-refractivity contribution < 1.29 is 77.2 Å². The number of aryl methyl sites for hydroxylation is 12. The molecule has 636 valence electrons. The van der Waals surface area contributed by atoms with Gasteiger partial charge in [0.2, 0.25) is 0 Å². The van der Waals surface area contributed by atoms with E-state index >= 15 is 0 Å². The van der Waals surface area contributed by atoms with E-state index in [-0.39, 0.29) is 77.2 Å². The van der Waals surface area contributed by atoms with E-state index in [2.05, 4.69) is 447 Å². The van der Waals surface area contributed by atoms with Crippen molar-refractivity contribution in [3.63, 3.8) is 0 Å². The summed E-state index contributed by atoms with van der Waals surface area (Å²) < 4.78 is 0. The average molecular weight is 1890 g/mol. The van der Waals surface area contributed by atoms with Gasteiger partial charge in [-0.2, -0.15) is 0 Å². The Kier molecular flexibility index (Phi) is 26.5. The molecule has 0 saturated heterocycles. The molecular weight excluding hydrogens is 1790 g/mol. The summed E-state index contributed by atoms with van der Waals surface area (Å²) in [6, 6.07) is 140. The zero-order valence-electron chi connectivity index (χ0n) is 76.9. The van der Waals surface area contributed by atoms with Gasteiger partial charge in [-0.25, -0.2) is 0 Å². The van der Waals surface area contributed by atoms with Crippen LogP contribution in [-0.2, 0) is 78.1 Å². The second kappa shape index (κ2) is 38.2. The second-order valence-corrected chi connectivity index (χ2v) is 36.5. The summed E-state index contributed by atoms with van der Waals surface area (Å²) in [6.07, 6.45) is 3.78. The largest absolute Gasteiger partial charge is 2.00 e. The van der Waals surface area contributed by atoms with Crippen LogP contribution < -0.4 is 24.8 Å². The molecule has 0 aliphatic heterocycles. The van der Waals surface area contributed by atoms with Crippen LogP contribution in [0.3, 0.4) is 0 Å². The maximum atomic E-state index is 3.78. The van der Waals surface area contributed by atoms with E-state index in [1.807, 2.05) is 0 Å². The van der Waals surface area contributed by atoms with Crippen LogP contribution in [0.5, 0.6) is 0 Å². The minimum absolute atomic E-state index is 0. The quantitative estimate of drug-likeness (QED) is 0.133. The Morgan fingerprint density at radius 1 is 0.174 bits per heavy atom. The van der Waals surface area contributed by atoms with Gasteiger partial charge in [-0.15, -0.1) is 117 Å². The Balaban J connectivity index is 0.000000122. The first-order chi connectivity index (χ1) is 62.3. The van der Waals surface area contributed by atoms with Gasteiger partial charge in [0.15, 0.2) is 0 Å². The molecule has 0 saturated carbocycles. The number of hydrogen-bond acceptors (Lipinski definition) is 0. The number of halogens is 2. The Hall–Kier alpha value is -12.2. The molecular formula is C128H100Cl2Zr2-2. The van der Waals surface area contributed by atoms with Gasteiger partial charge in [0.1, 0.15) is 0 Å². The number of benzene rings is 20. The monoisotopic (exact) mass is 1890 g/mol. The average Bonchev–Trinajstić information content (AvgIpc) is 1.64. The molecule has 20 aromatic rings. The van der Waals surface area contributed by atoms with Crippen molar-refractivity contribution in [1.82, 2.24) is 0 Å². The second-order valence-electron chi connectivity index (χ2n) is 36.5. The molecule has 4 aliphatic carbocycles. The van der Waals surface area contributed by atoms with E-state index in [4.69, 9.17) is 0 Å². The van der Waals surface area contributed by atoms with Gasteiger partial charge >= 0.3 is 52.4 Å². The number of fused-ring (bicyclic) bond motifs is 16. The van der Waals surface area contributed by atoms with Crippen molar-refractivity contribution in [2.45, 2.75) is 109 Å². The topological polar surface area (TPSA) is 0 Å². The normalized spacial score (nSPS) is 11.7. The predicted molar refractivity (Wildman–Crippen MR) is 544 cm³/mol. The van der Waals surface area contributed by atoms with Crippen LogP contribution in [0.4, 0.5) is 0 Å². The molecule has 0 unspecified atom stereocenters. The molecule has 24 rings (SSSR count). The van der Waals surface area contributed by atoms with E-state index in [1.165, 1.54) is 288 Å². The number of rotatable bonds is 8. The maximum absolute atomic E-state index is 3.78. The fourth-order valence-electron chi connectivity index (χ4n) is 22.1. The van der Waals surface area contributed by atoms with Crippen molar-refractivity contribution in [2.75, 3.05) is 0 Å². The molecule has 20 aromatic carbocycles. The molecule has 0 nitrogen and oxygen atoms in total. The van der Waals surface area contributed by atoms with Crippen LogP contribution >= 0.6 is 0 Å². The minimum atomic E-state index is 0. The third-order valence-electron chi connectivity index (χ3n) is 27.3. The van der Waals surface area contributed by atoms with Gasteiger partial charge in [0, 0.05) is 0 Å². The smallest absolute Gasteiger partial charge is 1.00 e. The first-order valence-corrected chi connectivity index (χ1v) is 45.3. The SMILES string of the molecule is Cc1cc(C)c(-c2[c-]c3c(cc2)-c2ccc(-c4c(C)cc(C)cc4C)cc2C3)c(C)c1.Cc1cc(C)c(-c2[c-]c3c(cc2)-c2ccc(-c4c(C)cc(C)cc4C)cc2C3)c(C)c1.[Cl-].[Cl-].[Zr+2].[Zr+2].[c-]1c(-c2cccc3ccccc23)ccc2c1Cc1cc(-c3cccc4ccccc34)ccc1-2.[c-]1c(-c2cccc3ccccc23)ccc2c1Cc1cc(-c3cccc4ccccc34)ccc1-2. The molecule has 132 heavy (non-hydrogen) atoms. The fraction of sp³-hybridized carbons (Fsp3) is 0.125. The summed E-state index contributed by atoms with van der Waals surface area (Å²) in [6.45, 7) is 26.4. The molecule has 0 bridgehead atoms. The minimum Gasteiger partial charge on any atom is -1.00 e. The Labute approximate surface area is 830 Å². The third kappa shape index (κ3) is 17.4. The standard InChI is InChI=1S/2C33H21.2C31H29.2ClH.2Zr/c2*1-3-11-28-22(7-1)9-5-13-30(28)24-15-17-32-26(19-24)21-27-20-25(16-18-33(27)32)31-14-6-10-23-8-2-4-12-29(23)31;2*1-18-11-20(3)30(21(4)12-18)24-7-9-28-26(15-24)17-27-16-25(8-10-29(27)28)31-22(5)13-19(2)14-23(31)6;;;;/h2*1-19H,21H2;2*7-15H,17H2,1-6H3;2*1H;;/q4*-1;;;2*+2/p-2. The van der Waals surface area contributed by atoms with Crippen LogP contribution in [0.15, 0.2) is 340 Å². The first kappa shape index (κ1) is 91.7. The summed E-state index contributed by atoms with van der Waals surface area (Å²) in [5.41, 5.74) is 58.1. The van der Waals surface area contributed by atoms with E-state index in [0.29, 0.717) is 0 Å². The molecule has 0 spiro atoms. The molecule has 4 aliphatic rings. The molecule has 0 radical (unpaired) electrons. The third-order valence-corrected chi connectivity index (χ3v) is 27.3. The molecule has 0 N–H and O–H groups in total. The van der Waals surface area contributed by atoms with Crippen LogP contribution in [0.25, 0.3) is 177 Å². The van der Waals surface area contributed by atoms with E-state index in [1.54, 1.807) is 0 Å². The van der Waals surface area contributed by atoms with Gasteiger partial charge in [-0.3, -0.25) is 0 Å². The van der Waals surface area contributed by atoms with Crippen molar-refractivity contribution in [3.05, 3.63) is 475 Å². The summed E-state index contributed by atoms with van der Waals surface area (Å²) in [4.78, 5) is 0. The van der Waals surface area contributed by atoms with Gasteiger partial charge < -0.3 is 24.8 Å². The van der Waals surface area contributed by atoms with Crippen molar-refractivity contribution in [1.29, 1.82) is 0 Å². The molecule has 4 heteroatoms. The number of hydrogen-bond donors (Lipinski definition) is 0. The van der Waals surface area contributed by atoms with Crippen LogP contribution in [-0.4, -0.2) is 0 Å². The Morgan fingerprint density at radius 3 is 0.674 bits per heavy atom. The van der Waals surface area contributed by atoms with Gasteiger partial charge in [0.05, 0.1) is 0 Å². The molecule has 0 fully saturated rings. The fourth-order valence-corrected chi connectivity index (χ4v) is 22.1. The van der Waals surface area contributed by atoms with E-state index < -0.39 is 0 Å².